The normalized spacial score (nSPS) is 12.0. The SMILES string of the molecule is CN(C)C(CNC(=O)NCCc1ccc(Cl)cc1)c1cccc(F)c1. The molecule has 2 aromatic rings. The van der Waals surface area contributed by atoms with Gasteiger partial charge in [0.15, 0.2) is 0 Å². The van der Waals surface area contributed by atoms with E-state index in [2.05, 4.69) is 10.6 Å². The molecular weight excluding hydrogens is 341 g/mol. The van der Waals surface area contributed by atoms with Gasteiger partial charge in [-0.3, -0.25) is 0 Å². The second-order valence-electron chi connectivity index (χ2n) is 6.05. The van der Waals surface area contributed by atoms with Crippen molar-refractivity contribution in [3.05, 3.63) is 70.5 Å². The highest BCUT2D eigenvalue weighted by Crippen LogP contribution is 2.18. The number of rotatable bonds is 7. The minimum Gasteiger partial charge on any atom is -0.338 e. The summed E-state index contributed by atoms with van der Waals surface area (Å²) in [5, 5.41) is 6.37. The van der Waals surface area contributed by atoms with E-state index in [1.165, 1.54) is 12.1 Å². The zero-order valence-corrected chi connectivity index (χ0v) is 15.2. The van der Waals surface area contributed by atoms with Gasteiger partial charge in [-0.2, -0.15) is 0 Å². The van der Waals surface area contributed by atoms with Gasteiger partial charge in [0.05, 0.1) is 6.04 Å². The lowest BCUT2D eigenvalue weighted by Crippen LogP contribution is -2.41. The Morgan fingerprint density at radius 1 is 1.16 bits per heavy atom. The third kappa shape index (κ3) is 6.36. The van der Waals surface area contributed by atoms with Crippen molar-refractivity contribution in [2.75, 3.05) is 27.2 Å². The van der Waals surface area contributed by atoms with Gasteiger partial charge in [-0.05, 0) is 55.9 Å². The highest BCUT2D eigenvalue weighted by molar-refractivity contribution is 6.30. The second kappa shape index (κ2) is 9.39. The van der Waals surface area contributed by atoms with E-state index in [0.717, 1.165) is 17.5 Å². The van der Waals surface area contributed by atoms with Crippen LogP contribution in [0, 0.1) is 5.82 Å². The monoisotopic (exact) mass is 363 g/mol. The zero-order valence-electron chi connectivity index (χ0n) is 14.4. The van der Waals surface area contributed by atoms with Crippen molar-refractivity contribution in [3.63, 3.8) is 0 Å². The lowest BCUT2D eigenvalue weighted by atomic mass is 10.1. The maximum absolute atomic E-state index is 13.4. The van der Waals surface area contributed by atoms with E-state index in [0.29, 0.717) is 18.1 Å². The van der Waals surface area contributed by atoms with E-state index in [1.807, 2.05) is 49.3 Å². The van der Waals surface area contributed by atoms with Crippen LogP contribution in [-0.2, 0) is 6.42 Å². The first-order valence-corrected chi connectivity index (χ1v) is 8.51. The van der Waals surface area contributed by atoms with Crippen LogP contribution in [0.15, 0.2) is 48.5 Å². The van der Waals surface area contributed by atoms with E-state index in [-0.39, 0.29) is 17.9 Å². The molecule has 0 aromatic heterocycles. The summed E-state index contributed by atoms with van der Waals surface area (Å²) in [4.78, 5) is 13.9. The van der Waals surface area contributed by atoms with Crippen LogP contribution in [-0.4, -0.2) is 38.1 Å². The van der Waals surface area contributed by atoms with E-state index in [4.69, 9.17) is 11.6 Å². The molecule has 134 valence electrons. The standard InChI is InChI=1S/C19H23ClFN3O/c1-24(2)18(15-4-3-5-17(21)12-15)13-23-19(25)22-11-10-14-6-8-16(20)9-7-14/h3-9,12,18H,10-11,13H2,1-2H3,(H2,22,23,25). The summed E-state index contributed by atoms with van der Waals surface area (Å²) in [7, 11) is 3.80. The fourth-order valence-corrected chi connectivity index (χ4v) is 2.66. The molecule has 0 radical (unpaired) electrons. The van der Waals surface area contributed by atoms with Crippen LogP contribution >= 0.6 is 11.6 Å². The minimum absolute atomic E-state index is 0.0993. The van der Waals surface area contributed by atoms with Crippen molar-refractivity contribution in [2.24, 2.45) is 0 Å². The molecule has 0 aliphatic heterocycles. The lowest BCUT2D eigenvalue weighted by Gasteiger charge is -2.25. The van der Waals surface area contributed by atoms with Gasteiger partial charge in [-0.15, -0.1) is 0 Å². The first-order chi connectivity index (χ1) is 12.0. The Morgan fingerprint density at radius 2 is 1.88 bits per heavy atom. The molecule has 0 saturated carbocycles. The summed E-state index contributed by atoms with van der Waals surface area (Å²) in [6.07, 6.45) is 0.728. The average Bonchev–Trinajstić information content (AvgIpc) is 2.56. The second-order valence-corrected chi connectivity index (χ2v) is 6.48. The first kappa shape index (κ1) is 19.2. The number of nitrogens with one attached hydrogen (secondary N) is 2. The Hall–Kier alpha value is -2.11. The molecule has 0 saturated heterocycles. The predicted molar refractivity (Wildman–Crippen MR) is 99.4 cm³/mol. The van der Waals surface area contributed by atoms with Crippen LogP contribution in [0.3, 0.4) is 0 Å². The van der Waals surface area contributed by atoms with Gasteiger partial charge < -0.3 is 15.5 Å². The Morgan fingerprint density at radius 3 is 2.52 bits per heavy atom. The molecule has 0 aliphatic rings. The summed E-state index contributed by atoms with van der Waals surface area (Å²) >= 11 is 5.85. The highest BCUT2D eigenvalue weighted by atomic mass is 35.5. The van der Waals surface area contributed by atoms with Gasteiger partial charge in [0.25, 0.3) is 0 Å². The molecular formula is C19H23ClFN3O. The number of carbonyl (C=O) groups excluding carboxylic acids is 1. The quantitative estimate of drug-likeness (QED) is 0.789. The first-order valence-electron chi connectivity index (χ1n) is 8.14. The van der Waals surface area contributed by atoms with Crippen LogP contribution in [0.1, 0.15) is 17.2 Å². The number of hydrogen-bond donors (Lipinski definition) is 2. The summed E-state index contributed by atoms with van der Waals surface area (Å²) < 4.78 is 13.4. The molecule has 1 unspecified atom stereocenters. The molecule has 0 aliphatic carbocycles. The molecule has 2 rings (SSSR count). The van der Waals surface area contributed by atoms with Gasteiger partial charge in [-0.25, -0.2) is 9.18 Å². The van der Waals surface area contributed by atoms with Crippen LogP contribution in [0.2, 0.25) is 5.02 Å². The van der Waals surface area contributed by atoms with Crippen LogP contribution in [0.4, 0.5) is 9.18 Å². The maximum Gasteiger partial charge on any atom is 0.314 e. The zero-order chi connectivity index (χ0) is 18.2. The summed E-state index contributed by atoms with van der Waals surface area (Å²) in [5.74, 6) is -0.281. The predicted octanol–water partition coefficient (Wildman–Crippen LogP) is 3.62. The third-order valence-electron chi connectivity index (χ3n) is 3.93. The molecule has 25 heavy (non-hydrogen) atoms. The number of amides is 2. The van der Waals surface area contributed by atoms with E-state index < -0.39 is 0 Å². The molecule has 2 aromatic carbocycles. The van der Waals surface area contributed by atoms with Crippen molar-refractivity contribution in [1.82, 2.24) is 15.5 Å². The summed E-state index contributed by atoms with van der Waals surface area (Å²) in [6.45, 7) is 0.920. The molecule has 0 spiro atoms. The Labute approximate surface area is 153 Å². The number of halogens is 2. The number of hydrogen-bond acceptors (Lipinski definition) is 2. The minimum atomic E-state index is -0.281. The van der Waals surface area contributed by atoms with Crippen LogP contribution in [0.25, 0.3) is 0 Å². The van der Waals surface area contributed by atoms with Gasteiger partial charge in [-0.1, -0.05) is 35.9 Å². The van der Waals surface area contributed by atoms with E-state index in [9.17, 15) is 9.18 Å². The van der Waals surface area contributed by atoms with Crippen molar-refractivity contribution in [1.29, 1.82) is 0 Å². The van der Waals surface area contributed by atoms with E-state index in [1.54, 1.807) is 6.07 Å². The topological polar surface area (TPSA) is 44.4 Å². The van der Waals surface area contributed by atoms with Crippen molar-refractivity contribution in [2.45, 2.75) is 12.5 Å². The molecule has 2 amide bonds. The average molecular weight is 364 g/mol. The number of nitrogens with zero attached hydrogens (tertiary/aromatic N) is 1. The smallest absolute Gasteiger partial charge is 0.314 e. The van der Waals surface area contributed by atoms with Crippen molar-refractivity contribution in [3.8, 4) is 0 Å². The Balaban J connectivity index is 1.79. The Bertz CT molecular complexity index is 691. The molecule has 2 N–H and O–H groups in total. The van der Waals surface area contributed by atoms with Gasteiger partial charge in [0.2, 0.25) is 0 Å². The molecule has 6 heteroatoms. The Kier molecular flexibility index (Phi) is 7.22. The van der Waals surface area contributed by atoms with Crippen molar-refractivity contribution >= 4 is 17.6 Å². The lowest BCUT2D eigenvalue weighted by molar-refractivity contribution is 0.233. The number of urea groups is 1. The van der Waals surface area contributed by atoms with Gasteiger partial charge in [0.1, 0.15) is 5.82 Å². The fourth-order valence-electron chi connectivity index (χ4n) is 2.54. The van der Waals surface area contributed by atoms with Crippen LogP contribution < -0.4 is 10.6 Å². The van der Waals surface area contributed by atoms with Gasteiger partial charge >= 0.3 is 6.03 Å². The number of likely N-dealkylation sites (N-methyl/N-ethyl adjacent to an activating group) is 1. The van der Waals surface area contributed by atoms with Crippen LogP contribution in [0.5, 0.6) is 0 Å². The summed E-state index contributed by atoms with van der Waals surface area (Å²) in [6, 6.07) is 13.6. The third-order valence-corrected chi connectivity index (χ3v) is 4.18. The molecule has 0 fully saturated rings. The highest BCUT2D eigenvalue weighted by Gasteiger charge is 2.15. The molecule has 0 bridgehead atoms. The van der Waals surface area contributed by atoms with Crippen molar-refractivity contribution < 1.29 is 9.18 Å². The largest absolute Gasteiger partial charge is 0.338 e. The summed E-state index contributed by atoms with van der Waals surface area (Å²) in [5.41, 5.74) is 1.93. The number of carbonyl (C=O) groups is 1. The maximum atomic E-state index is 13.4. The molecule has 0 heterocycles. The molecule has 1 atom stereocenters. The molecule has 4 nitrogen and oxygen atoms in total. The fraction of sp³-hybridized carbons (Fsp3) is 0.316. The van der Waals surface area contributed by atoms with E-state index >= 15 is 0 Å². The van der Waals surface area contributed by atoms with Gasteiger partial charge in [0, 0.05) is 18.1 Å². The number of benzene rings is 2.